The molecule has 1 aliphatic rings. The van der Waals surface area contributed by atoms with Gasteiger partial charge in [0.05, 0.1) is 17.1 Å². The van der Waals surface area contributed by atoms with Gasteiger partial charge < -0.3 is 9.80 Å². The standard InChI is InChI=1S/C14H21N3O2S/c1-10-15-11(9-20-10)8-12(18)17-7-5-6-14(17,2)13(19)16(3)4/h9H,5-8H2,1-4H3. The van der Waals surface area contributed by atoms with E-state index in [1.807, 2.05) is 19.2 Å². The Balaban J connectivity index is 2.14. The largest absolute Gasteiger partial charge is 0.347 e. The van der Waals surface area contributed by atoms with Crippen molar-refractivity contribution in [3.63, 3.8) is 0 Å². The molecule has 0 spiro atoms. The van der Waals surface area contributed by atoms with Crippen molar-refractivity contribution >= 4 is 23.2 Å². The molecule has 1 unspecified atom stereocenters. The van der Waals surface area contributed by atoms with Gasteiger partial charge in [0.25, 0.3) is 0 Å². The fourth-order valence-electron chi connectivity index (χ4n) is 2.81. The van der Waals surface area contributed by atoms with E-state index in [0.717, 1.165) is 23.5 Å². The maximum absolute atomic E-state index is 12.5. The van der Waals surface area contributed by atoms with Crippen LogP contribution in [0.2, 0.25) is 0 Å². The molecule has 5 nitrogen and oxygen atoms in total. The SMILES string of the molecule is Cc1nc(CC(=O)N2CCCC2(C)C(=O)N(C)C)cs1. The molecule has 0 aliphatic carbocycles. The highest BCUT2D eigenvalue weighted by atomic mass is 32.1. The lowest BCUT2D eigenvalue weighted by atomic mass is 9.96. The number of aryl methyl sites for hydroxylation is 1. The number of carbonyl (C=O) groups is 2. The fraction of sp³-hybridized carbons (Fsp3) is 0.643. The van der Waals surface area contributed by atoms with Crippen molar-refractivity contribution in [1.29, 1.82) is 0 Å². The second-order valence-corrected chi connectivity index (χ2v) is 6.72. The zero-order valence-electron chi connectivity index (χ0n) is 12.5. The Hall–Kier alpha value is -1.43. The Labute approximate surface area is 123 Å². The van der Waals surface area contributed by atoms with Crippen LogP contribution in [0.5, 0.6) is 0 Å². The third-order valence-corrected chi connectivity index (χ3v) is 4.63. The molecule has 0 bridgehead atoms. The molecule has 2 amide bonds. The Morgan fingerprint density at radius 1 is 1.50 bits per heavy atom. The minimum absolute atomic E-state index is 0.00203. The van der Waals surface area contributed by atoms with Crippen molar-refractivity contribution in [2.75, 3.05) is 20.6 Å². The van der Waals surface area contributed by atoms with Crippen molar-refractivity contribution in [3.8, 4) is 0 Å². The number of rotatable bonds is 3. The van der Waals surface area contributed by atoms with E-state index in [1.165, 1.54) is 0 Å². The Morgan fingerprint density at radius 3 is 2.75 bits per heavy atom. The smallest absolute Gasteiger partial charge is 0.247 e. The zero-order valence-corrected chi connectivity index (χ0v) is 13.3. The second kappa shape index (κ2) is 5.52. The molecule has 110 valence electrons. The van der Waals surface area contributed by atoms with Crippen LogP contribution in [0.15, 0.2) is 5.38 Å². The summed E-state index contributed by atoms with van der Waals surface area (Å²) in [5, 5.41) is 2.87. The third kappa shape index (κ3) is 2.70. The minimum atomic E-state index is -0.703. The lowest BCUT2D eigenvalue weighted by molar-refractivity contribution is -0.148. The maximum Gasteiger partial charge on any atom is 0.247 e. The lowest BCUT2D eigenvalue weighted by Gasteiger charge is -2.35. The van der Waals surface area contributed by atoms with Crippen LogP contribution in [0.1, 0.15) is 30.5 Å². The average molecular weight is 295 g/mol. The van der Waals surface area contributed by atoms with Gasteiger partial charge in [-0.25, -0.2) is 4.98 Å². The molecule has 1 atom stereocenters. The quantitative estimate of drug-likeness (QED) is 0.848. The summed E-state index contributed by atoms with van der Waals surface area (Å²) in [5.41, 5.74) is 0.0927. The molecule has 6 heteroatoms. The summed E-state index contributed by atoms with van der Waals surface area (Å²) >= 11 is 1.54. The molecule has 1 aromatic rings. The number of carbonyl (C=O) groups excluding carboxylic acids is 2. The van der Waals surface area contributed by atoms with Crippen LogP contribution in [0, 0.1) is 6.92 Å². The number of likely N-dealkylation sites (N-methyl/N-ethyl adjacent to an activating group) is 1. The van der Waals surface area contributed by atoms with E-state index < -0.39 is 5.54 Å². The molecule has 1 aliphatic heterocycles. The molecule has 2 heterocycles. The van der Waals surface area contributed by atoms with Crippen LogP contribution in [-0.2, 0) is 16.0 Å². The molecule has 1 saturated heterocycles. The molecule has 20 heavy (non-hydrogen) atoms. The first-order valence-corrected chi connectivity index (χ1v) is 7.66. The van der Waals surface area contributed by atoms with E-state index in [4.69, 9.17) is 0 Å². The second-order valence-electron chi connectivity index (χ2n) is 5.66. The van der Waals surface area contributed by atoms with Gasteiger partial charge in [-0.15, -0.1) is 11.3 Å². The topological polar surface area (TPSA) is 53.5 Å². The molecule has 0 radical (unpaired) electrons. The molecule has 2 rings (SSSR count). The van der Waals surface area contributed by atoms with Gasteiger partial charge in [0.15, 0.2) is 0 Å². The van der Waals surface area contributed by atoms with Gasteiger partial charge in [-0.3, -0.25) is 9.59 Å². The summed E-state index contributed by atoms with van der Waals surface area (Å²) in [7, 11) is 3.47. The molecule has 0 N–H and O–H groups in total. The summed E-state index contributed by atoms with van der Waals surface area (Å²) in [5.74, 6) is -0.0108. The van der Waals surface area contributed by atoms with E-state index in [1.54, 1.807) is 35.2 Å². The number of nitrogens with zero attached hydrogens (tertiary/aromatic N) is 3. The molecule has 1 aromatic heterocycles. The number of hydrogen-bond donors (Lipinski definition) is 0. The zero-order chi connectivity index (χ0) is 14.9. The predicted octanol–water partition coefficient (Wildman–Crippen LogP) is 1.46. The Morgan fingerprint density at radius 2 is 2.20 bits per heavy atom. The van der Waals surface area contributed by atoms with E-state index in [-0.39, 0.29) is 18.2 Å². The van der Waals surface area contributed by atoms with Crippen LogP contribution < -0.4 is 0 Å². The number of aromatic nitrogens is 1. The highest BCUT2D eigenvalue weighted by molar-refractivity contribution is 7.09. The highest BCUT2D eigenvalue weighted by Gasteiger charge is 2.46. The van der Waals surface area contributed by atoms with Crippen LogP contribution in [0.25, 0.3) is 0 Å². The molecule has 0 saturated carbocycles. The summed E-state index contributed by atoms with van der Waals surface area (Å²) in [4.78, 5) is 32.5. The Bertz CT molecular complexity index is 526. The third-order valence-electron chi connectivity index (χ3n) is 3.81. The fourth-order valence-corrected chi connectivity index (χ4v) is 3.42. The van der Waals surface area contributed by atoms with Crippen LogP contribution in [0.4, 0.5) is 0 Å². The highest BCUT2D eigenvalue weighted by Crippen LogP contribution is 2.31. The number of thiazole rings is 1. The first-order chi connectivity index (χ1) is 9.34. The summed E-state index contributed by atoms with van der Waals surface area (Å²) < 4.78 is 0. The van der Waals surface area contributed by atoms with Gasteiger partial charge >= 0.3 is 0 Å². The van der Waals surface area contributed by atoms with E-state index in [2.05, 4.69) is 4.98 Å². The van der Waals surface area contributed by atoms with Gasteiger partial charge in [-0.2, -0.15) is 0 Å². The van der Waals surface area contributed by atoms with Crippen molar-refractivity contribution in [2.45, 2.75) is 38.6 Å². The molecular weight excluding hydrogens is 274 g/mol. The van der Waals surface area contributed by atoms with E-state index >= 15 is 0 Å². The number of hydrogen-bond acceptors (Lipinski definition) is 4. The summed E-state index contributed by atoms with van der Waals surface area (Å²) in [6.45, 7) is 4.44. The summed E-state index contributed by atoms with van der Waals surface area (Å²) in [6.07, 6.45) is 1.88. The monoisotopic (exact) mass is 295 g/mol. The van der Waals surface area contributed by atoms with Crippen LogP contribution >= 0.6 is 11.3 Å². The van der Waals surface area contributed by atoms with E-state index in [9.17, 15) is 9.59 Å². The van der Waals surface area contributed by atoms with Gasteiger partial charge in [-0.05, 0) is 26.7 Å². The first kappa shape index (κ1) is 15.0. The van der Waals surface area contributed by atoms with Gasteiger partial charge in [0.2, 0.25) is 11.8 Å². The van der Waals surface area contributed by atoms with Gasteiger partial charge in [0, 0.05) is 26.0 Å². The van der Waals surface area contributed by atoms with Gasteiger partial charge in [-0.1, -0.05) is 0 Å². The lowest BCUT2D eigenvalue weighted by Crippen LogP contribution is -2.55. The normalized spacial score (nSPS) is 22.1. The van der Waals surface area contributed by atoms with Gasteiger partial charge in [0.1, 0.15) is 5.54 Å². The predicted molar refractivity (Wildman–Crippen MR) is 78.6 cm³/mol. The Kier molecular flexibility index (Phi) is 4.13. The molecular formula is C14H21N3O2S. The summed E-state index contributed by atoms with van der Waals surface area (Å²) in [6, 6.07) is 0. The van der Waals surface area contributed by atoms with Crippen molar-refractivity contribution in [3.05, 3.63) is 16.1 Å². The molecule has 0 aromatic carbocycles. The van der Waals surface area contributed by atoms with Crippen molar-refractivity contribution < 1.29 is 9.59 Å². The number of amides is 2. The number of likely N-dealkylation sites (tertiary alicyclic amines) is 1. The first-order valence-electron chi connectivity index (χ1n) is 6.78. The minimum Gasteiger partial charge on any atom is -0.347 e. The maximum atomic E-state index is 12.5. The van der Waals surface area contributed by atoms with E-state index in [0.29, 0.717) is 6.54 Å². The van der Waals surface area contributed by atoms with Crippen LogP contribution in [-0.4, -0.2) is 52.8 Å². The van der Waals surface area contributed by atoms with Crippen LogP contribution in [0.3, 0.4) is 0 Å². The van der Waals surface area contributed by atoms with Crippen molar-refractivity contribution in [1.82, 2.24) is 14.8 Å². The molecule has 1 fully saturated rings. The van der Waals surface area contributed by atoms with Crippen molar-refractivity contribution in [2.24, 2.45) is 0 Å². The average Bonchev–Trinajstić information content (AvgIpc) is 2.95.